The van der Waals surface area contributed by atoms with Gasteiger partial charge in [0.15, 0.2) is 0 Å². The number of likely N-dealkylation sites (tertiary alicyclic amines) is 1. The fraction of sp³-hybridized carbons (Fsp3) is 0.917. The van der Waals surface area contributed by atoms with Crippen LogP contribution in [0.2, 0.25) is 0 Å². The summed E-state index contributed by atoms with van der Waals surface area (Å²) < 4.78 is 10.7. The zero-order valence-corrected chi connectivity index (χ0v) is 10.9. The first-order valence-electron chi connectivity index (χ1n) is 5.84. The van der Waals surface area contributed by atoms with Gasteiger partial charge in [-0.2, -0.15) is 0 Å². The van der Waals surface area contributed by atoms with E-state index in [2.05, 4.69) is 6.92 Å². The lowest BCUT2D eigenvalue weighted by Gasteiger charge is -2.36. The van der Waals surface area contributed by atoms with Crippen LogP contribution in [0.1, 0.15) is 34.1 Å². The van der Waals surface area contributed by atoms with Crippen LogP contribution < -0.4 is 0 Å². The molecule has 0 spiro atoms. The Labute approximate surface area is 97.9 Å². The molecule has 4 heteroatoms. The van der Waals surface area contributed by atoms with Gasteiger partial charge in [-0.1, -0.05) is 6.92 Å². The van der Waals surface area contributed by atoms with Crippen LogP contribution in [0.4, 0.5) is 4.79 Å². The Hall–Kier alpha value is -0.770. The Bertz CT molecular complexity index is 247. The number of piperidine rings is 1. The van der Waals surface area contributed by atoms with Gasteiger partial charge in [0, 0.05) is 13.7 Å². The Morgan fingerprint density at radius 2 is 2.00 bits per heavy atom. The highest BCUT2D eigenvalue weighted by Gasteiger charge is 2.31. The maximum atomic E-state index is 11.8. The molecule has 1 aliphatic rings. The molecule has 4 nitrogen and oxygen atoms in total. The number of amides is 1. The van der Waals surface area contributed by atoms with Gasteiger partial charge in [-0.25, -0.2) is 4.79 Å². The molecule has 0 bridgehead atoms. The molecule has 1 heterocycles. The minimum atomic E-state index is -0.428. The smallest absolute Gasteiger partial charge is 0.410 e. The van der Waals surface area contributed by atoms with E-state index >= 15 is 0 Å². The molecule has 1 amide bonds. The van der Waals surface area contributed by atoms with Crippen molar-refractivity contribution in [1.82, 2.24) is 4.90 Å². The van der Waals surface area contributed by atoms with Crippen molar-refractivity contribution in [3.63, 3.8) is 0 Å². The van der Waals surface area contributed by atoms with Crippen LogP contribution in [-0.2, 0) is 9.47 Å². The van der Waals surface area contributed by atoms with E-state index in [4.69, 9.17) is 9.47 Å². The van der Waals surface area contributed by atoms with E-state index < -0.39 is 5.60 Å². The largest absolute Gasteiger partial charge is 0.444 e. The first-order chi connectivity index (χ1) is 7.33. The van der Waals surface area contributed by atoms with Crippen molar-refractivity contribution in [2.45, 2.75) is 45.8 Å². The summed E-state index contributed by atoms with van der Waals surface area (Å²) in [4.78, 5) is 13.6. The van der Waals surface area contributed by atoms with Gasteiger partial charge in [0.05, 0.1) is 12.6 Å². The second kappa shape index (κ2) is 5.04. The number of carbonyl (C=O) groups excluding carboxylic acids is 1. The van der Waals surface area contributed by atoms with E-state index in [1.54, 1.807) is 12.0 Å². The van der Waals surface area contributed by atoms with Crippen LogP contribution >= 0.6 is 0 Å². The van der Waals surface area contributed by atoms with E-state index in [1.165, 1.54) is 0 Å². The van der Waals surface area contributed by atoms with Crippen LogP contribution in [0.15, 0.2) is 0 Å². The summed E-state index contributed by atoms with van der Waals surface area (Å²) in [7, 11) is 1.69. The van der Waals surface area contributed by atoms with Gasteiger partial charge in [-0.15, -0.1) is 0 Å². The predicted octanol–water partition coefficient (Wildman–Crippen LogP) is 2.28. The molecule has 0 N–H and O–H groups in total. The Morgan fingerprint density at radius 3 is 2.50 bits per heavy atom. The lowest BCUT2D eigenvalue weighted by Crippen LogP contribution is -2.48. The quantitative estimate of drug-likeness (QED) is 0.692. The van der Waals surface area contributed by atoms with Gasteiger partial charge >= 0.3 is 6.09 Å². The van der Waals surface area contributed by atoms with Crippen molar-refractivity contribution in [1.29, 1.82) is 0 Å². The maximum Gasteiger partial charge on any atom is 0.410 e. The fourth-order valence-corrected chi connectivity index (χ4v) is 1.83. The topological polar surface area (TPSA) is 38.8 Å². The zero-order chi connectivity index (χ0) is 12.3. The van der Waals surface area contributed by atoms with Gasteiger partial charge in [-0.05, 0) is 33.1 Å². The third kappa shape index (κ3) is 3.67. The second-order valence-corrected chi connectivity index (χ2v) is 5.47. The fourth-order valence-electron chi connectivity index (χ4n) is 1.83. The molecule has 1 fully saturated rings. The summed E-state index contributed by atoms with van der Waals surface area (Å²) in [5.41, 5.74) is -0.428. The van der Waals surface area contributed by atoms with Crippen LogP contribution in [0.5, 0.6) is 0 Å². The third-order valence-electron chi connectivity index (χ3n) is 2.84. The van der Waals surface area contributed by atoms with Crippen LogP contribution in [0.3, 0.4) is 0 Å². The first kappa shape index (κ1) is 13.3. The van der Waals surface area contributed by atoms with Crippen molar-refractivity contribution in [2.24, 2.45) is 5.92 Å². The predicted molar refractivity (Wildman–Crippen MR) is 62.4 cm³/mol. The Balaban J connectivity index is 2.52. The number of hydrogen-bond acceptors (Lipinski definition) is 3. The minimum absolute atomic E-state index is 0.126. The zero-order valence-electron chi connectivity index (χ0n) is 10.9. The molecular weight excluding hydrogens is 206 g/mol. The normalized spacial score (nSPS) is 26.7. The van der Waals surface area contributed by atoms with Gasteiger partial charge in [0.25, 0.3) is 0 Å². The van der Waals surface area contributed by atoms with E-state index in [0.29, 0.717) is 12.5 Å². The number of methoxy groups -OCH3 is 1. The molecular formula is C12H23NO3. The van der Waals surface area contributed by atoms with Gasteiger partial charge in [0.1, 0.15) is 5.60 Å². The molecule has 2 atom stereocenters. The molecule has 0 aliphatic carbocycles. The van der Waals surface area contributed by atoms with Crippen molar-refractivity contribution in [3.05, 3.63) is 0 Å². The summed E-state index contributed by atoms with van der Waals surface area (Å²) in [5.74, 6) is 0.503. The summed E-state index contributed by atoms with van der Waals surface area (Å²) in [6.07, 6.45) is 0.861. The molecule has 0 aromatic heterocycles. The lowest BCUT2D eigenvalue weighted by molar-refractivity contribution is -0.0246. The maximum absolute atomic E-state index is 11.8. The average Bonchev–Trinajstić information content (AvgIpc) is 2.15. The summed E-state index contributed by atoms with van der Waals surface area (Å²) in [5, 5.41) is 0. The van der Waals surface area contributed by atoms with Crippen LogP contribution in [0.25, 0.3) is 0 Å². The average molecular weight is 229 g/mol. The minimum Gasteiger partial charge on any atom is -0.444 e. The highest BCUT2D eigenvalue weighted by Crippen LogP contribution is 2.21. The van der Waals surface area contributed by atoms with Crippen LogP contribution in [0, 0.1) is 5.92 Å². The lowest BCUT2D eigenvalue weighted by atomic mass is 9.96. The Kier molecular flexibility index (Phi) is 4.19. The van der Waals surface area contributed by atoms with Gasteiger partial charge in [0.2, 0.25) is 0 Å². The van der Waals surface area contributed by atoms with Gasteiger partial charge in [-0.3, -0.25) is 0 Å². The Morgan fingerprint density at radius 1 is 1.38 bits per heavy atom. The first-order valence-corrected chi connectivity index (χ1v) is 5.84. The van der Waals surface area contributed by atoms with Gasteiger partial charge < -0.3 is 14.4 Å². The molecule has 1 rings (SSSR count). The number of nitrogens with zero attached hydrogens (tertiary/aromatic N) is 1. The van der Waals surface area contributed by atoms with E-state index in [1.807, 2.05) is 20.8 Å². The molecule has 94 valence electrons. The number of ether oxygens (including phenoxy) is 2. The highest BCUT2D eigenvalue weighted by atomic mass is 16.6. The molecule has 1 saturated heterocycles. The monoisotopic (exact) mass is 229 g/mol. The highest BCUT2D eigenvalue weighted by molar-refractivity contribution is 5.68. The van der Waals surface area contributed by atoms with Crippen molar-refractivity contribution >= 4 is 6.09 Å². The molecule has 1 aliphatic heterocycles. The van der Waals surface area contributed by atoms with E-state index in [9.17, 15) is 4.79 Å². The van der Waals surface area contributed by atoms with E-state index in [0.717, 1.165) is 13.0 Å². The summed E-state index contributed by atoms with van der Waals surface area (Å²) in [6, 6.07) is 0. The molecule has 0 aromatic rings. The van der Waals surface area contributed by atoms with Crippen LogP contribution in [-0.4, -0.2) is 42.9 Å². The number of rotatable bonds is 1. The summed E-state index contributed by atoms with van der Waals surface area (Å²) in [6.45, 7) is 9.19. The SMILES string of the molecule is CO[C@@H]1CN(C(=O)OC(C)(C)C)CC[C@H]1C. The van der Waals surface area contributed by atoms with Crippen molar-refractivity contribution in [3.8, 4) is 0 Å². The third-order valence-corrected chi connectivity index (χ3v) is 2.84. The molecule has 0 unspecified atom stereocenters. The molecule has 0 saturated carbocycles. The second-order valence-electron chi connectivity index (χ2n) is 5.47. The summed E-state index contributed by atoms with van der Waals surface area (Å²) >= 11 is 0. The standard InChI is InChI=1S/C12H23NO3/c1-9-6-7-13(8-10(9)15-5)11(14)16-12(2,3)4/h9-10H,6-8H2,1-5H3/t9-,10-/m1/s1. The van der Waals surface area contributed by atoms with E-state index in [-0.39, 0.29) is 12.2 Å². The number of carbonyl (C=O) groups is 1. The molecule has 0 aromatic carbocycles. The van der Waals surface area contributed by atoms with Crippen molar-refractivity contribution in [2.75, 3.05) is 20.2 Å². The van der Waals surface area contributed by atoms with Crippen molar-refractivity contribution < 1.29 is 14.3 Å². The molecule has 0 radical (unpaired) electrons. The number of hydrogen-bond donors (Lipinski definition) is 0. The molecule has 16 heavy (non-hydrogen) atoms.